The van der Waals surface area contributed by atoms with Gasteiger partial charge in [0.25, 0.3) is 0 Å². The Kier molecular flexibility index (Phi) is 3.89. The van der Waals surface area contributed by atoms with Crippen molar-refractivity contribution in [3.05, 3.63) is 76.9 Å². The monoisotopic (exact) mass is 395 g/mol. The standard InChI is InChI=1S/C29H33N/c1-27(2)14-15-28(3,4)26-19(11-9-13-23(26)27)21-16-20-18-10-7-8-12-22(18)29(5,6)24(20)17-25(21)30/h7-13,16-17H,14-15,30H2,1-6H3. The minimum Gasteiger partial charge on any atom is -0.398 e. The molecule has 1 nitrogen and oxygen atoms in total. The van der Waals surface area contributed by atoms with Gasteiger partial charge in [0.2, 0.25) is 0 Å². The first kappa shape index (κ1) is 19.4. The van der Waals surface area contributed by atoms with Crippen LogP contribution in [0, 0.1) is 0 Å². The van der Waals surface area contributed by atoms with Gasteiger partial charge in [-0.1, -0.05) is 84.0 Å². The highest BCUT2D eigenvalue weighted by Gasteiger charge is 2.40. The van der Waals surface area contributed by atoms with Gasteiger partial charge in [0, 0.05) is 16.7 Å². The molecule has 0 heterocycles. The molecule has 2 aliphatic carbocycles. The van der Waals surface area contributed by atoms with Crippen LogP contribution in [0.25, 0.3) is 22.3 Å². The number of fused-ring (bicyclic) bond motifs is 4. The van der Waals surface area contributed by atoms with Crippen molar-refractivity contribution in [1.29, 1.82) is 0 Å². The maximum atomic E-state index is 6.77. The molecule has 0 aromatic heterocycles. The summed E-state index contributed by atoms with van der Waals surface area (Å²) in [5.74, 6) is 0. The summed E-state index contributed by atoms with van der Waals surface area (Å²) in [6.07, 6.45) is 2.42. The van der Waals surface area contributed by atoms with Gasteiger partial charge in [-0.15, -0.1) is 0 Å². The predicted molar refractivity (Wildman–Crippen MR) is 129 cm³/mol. The molecule has 0 saturated heterocycles. The van der Waals surface area contributed by atoms with E-state index in [-0.39, 0.29) is 16.2 Å². The van der Waals surface area contributed by atoms with Gasteiger partial charge in [-0.2, -0.15) is 0 Å². The zero-order chi connectivity index (χ0) is 21.5. The van der Waals surface area contributed by atoms with E-state index in [1.54, 1.807) is 0 Å². The number of hydrogen-bond acceptors (Lipinski definition) is 1. The molecule has 30 heavy (non-hydrogen) atoms. The third-order valence-electron chi connectivity index (χ3n) is 7.89. The first-order chi connectivity index (χ1) is 14.0. The summed E-state index contributed by atoms with van der Waals surface area (Å²) < 4.78 is 0. The molecule has 0 radical (unpaired) electrons. The molecule has 0 aliphatic heterocycles. The summed E-state index contributed by atoms with van der Waals surface area (Å²) in [6.45, 7) is 14.2. The number of rotatable bonds is 1. The molecule has 0 bridgehead atoms. The molecule has 2 N–H and O–H groups in total. The molecular formula is C29H33N. The zero-order valence-electron chi connectivity index (χ0n) is 19.2. The van der Waals surface area contributed by atoms with Crippen LogP contribution < -0.4 is 5.73 Å². The van der Waals surface area contributed by atoms with Crippen LogP contribution in [-0.2, 0) is 16.2 Å². The molecule has 154 valence electrons. The van der Waals surface area contributed by atoms with Crippen LogP contribution in [0.4, 0.5) is 5.69 Å². The largest absolute Gasteiger partial charge is 0.398 e. The van der Waals surface area contributed by atoms with Crippen molar-refractivity contribution in [3.63, 3.8) is 0 Å². The van der Waals surface area contributed by atoms with E-state index >= 15 is 0 Å². The van der Waals surface area contributed by atoms with Crippen LogP contribution in [0.15, 0.2) is 54.6 Å². The smallest absolute Gasteiger partial charge is 0.0397 e. The van der Waals surface area contributed by atoms with Gasteiger partial charge in [0.1, 0.15) is 0 Å². The third kappa shape index (κ3) is 2.54. The fourth-order valence-electron chi connectivity index (χ4n) is 5.95. The van der Waals surface area contributed by atoms with E-state index in [1.165, 1.54) is 57.3 Å². The summed E-state index contributed by atoms with van der Waals surface area (Å²) in [6, 6.07) is 20.3. The highest BCUT2D eigenvalue weighted by Crippen LogP contribution is 2.53. The molecule has 0 fully saturated rings. The van der Waals surface area contributed by atoms with Gasteiger partial charge < -0.3 is 5.73 Å². The summed E-state index contributed by atoms with van der Waals surface area (Å²) in [5.41, 5.74) is 18.9. The van der Waals surface area contributed by atoms with Crippen LogP contribution in [0.3, 0.4) is 0 Å². The molecule has 0 saturated carbocycles. The lowest BCUT2D eigenvalue weighted by molar-refractivity contribution is 0.333. The van der Waals surface area contributed by atoms with Crippen LogP contribution in [-0.4, -0.2) is 0 Å². The maximum absolute atomic E-state index is 6.77. The van der Waals surface area contributed by atoms with Gasteiger partial charge in [-0.3, -0.25) is 0 Å². The molecule has 0 atom stereocenters. The van der Waals surface area contributed by atoms with Crippen LogP contribution in [0.5, 0.6) is 0 Å². The lowest BCUT2D eigenvalue weighted by Gasteiger charge is -2.43. The average Bonchev–Trinajstić information content (AvgIpc) is 2.92. The first-order valence-corrected chi connectivity index (χ1v) is 11.2. The second-order valence-electron chi connectivity index (χ2n) is 11.2. The van der Waals surface area contributed by atoms with Gasteiger partial charge >= 0.3 is 0 Å². The zero-order valence-corrected chi connectivity index (χ0v) is 19.2. The van der Waals surface area contributed by atoms with Crippen molar-refractivity contribution >= 4 is 5.69 Å². The van der Waals surface area contributed by atoms with Gasteiger partial charge in [0.05, 0.1) is 0 Å². The average molecular weight is 396 g/mol. The molecule has 3 aromatic carbocycles. The maximum Gasteiger partial charge on any atom is 0.0397 e. The molecule has 3 aromatic rings. The van der Waals surface area contributed by atoms with Crippen molar-refractivity contribution in [1.82, 2.24) is 0 Å². The molecule has 2 aliphatic rings. The van der Waals surface area contributed by atoms with Gasteiger partial charge in [0.15, 0.2) is 0 Å². The first-order valence-electron chi connectivity index (χ1n) is 11.2. The Morgan fingerprint density at radius 3 is 2.00 bits per heavy atom. The number of nitrogens with two attached hydrogens (primary N) is 1. The Balaban J connectivity index is 1.80. The molecule has 0 unspecified atom stereocenters. The van der Waals surface area contributed by atoms with E-state index in [1.807, 2.05) is 0 Å². The summed E-state index contributed by atoms with van der Waals surface area (Å²) >= 11 is 0. The normalized spacial score (nSPS) is 19.7. The summed E-state index contributed by atoms with van der Waals surface area (Å²) in [5, 5.41) is 0. The minimum atomic E-state index is -0.0179. The van der Waals surface area contributed by atoms with Crippen LogP contribution >= 0.6 is 0 Å². The highest BCUT2D eigenvalue weighted by molar-refractivity contribution is 5.90. The van der Waals surface area contributed by atoms with Crippen molar-refractivity contribution < 1.29 is 0 Å². The number of hydrogen-bond donors (Lipinski definition) is 1. The molecule has 5 rings (SSSR count). The molecular weight excluding hydrogens is 362 g/mol. The summed E-state index contributed by atoms with van der Waals surface area (Å²) in [4.78, 5) is 0. The quantitative estimate of drug-likeness (QED) is 0.422. The van der Waals surface area contributed by atoms with Crippen LogP contribution in [0.1, 0.15) is 76.6 Å². The topological polar surface area (TPSA) is 26.0 Å². The van der Waals surface area contributed by atoms with E-state index < -0.39 is 0 Å². The molecule has 0 amide bonds. The second kappa shape index (κ2) is 6.00. The fraction of sp³-hybridized carbons (Fsp3) is 0.379. The third-order valence-corrected chi connectivity index (χ3v) is 7.89. The number of anilines is 1. The Morgan fingerprint density at radius 2 is 1.23 bits per heavy atom. The Labute approximate surface area is 181 Å². The number of benzene rings is 3. The fourth-order valence-corrected chi connectivity index (χ4v) is 5.95. The van der Waals surface area contributed by atoms with E-state index in [2.05, 4.69) is 96.1 Å². The van der Waals surface area contributed by atoms with Crippen molar-refractivity contribution in [2.24, 2.45) is 0 Å². The van der Waals surface area contributed by atoms with E-state index in [0.29, 0.717) is 0 Å². The van der Waals surface area contributed by atoms with Crippen molar-refractivity contribution in [2.45, 2.75) is 70.6 Å². The Hall–Kier alpha value is -2.54. The van der Waals surface area contributed by atoms with Gasteiger partial charge in [-0.25, -0.2) is 0 Å². The Morgan fingerprint density at radius 1 is 0.600 bits per heavy atom. The summed E-state index contributed by atoms with van der Waals surface area (Å²) in [7, 11) is 0. The Bertz CT molecular complexity index is 1180. The molecule has 0 spiro atoms. The second-order valence-corrected chi connectivity index (χ2v) is 11.2. The number of nitrogen functional groups attached to an aromatic ring is 1. The lowest BCUT2D eigenvalue weighted by atomic mass is 9.61. The SMILES string of the molecule is CC1(C)CCC(C)(C)c2c(-c3cc4c(cc3N)C(C)(C)c3ccccc3-4)cccc21. The molecule has 1 heteroatoms. The van der Waals surface area contributed by atoms with E-state index in [9.17, 15) is 0 Å². The van der Waals surface area contributed by atoms with Gasteiger partial charge in [-0.05, 0) is 74.7 Å². The predicted octanol–water partition coefficient (Wildman–Crippen LogP) is 7.59. The lowest BCUT2D eigenvalue weighted by Crippen LogP contribution is -2.34. The minimum absolute atomic E-state index is 0.0179. The van der Waals surface area contributed by atoms with E-state index in [4.69, 9.17) is 5.73 Å². The van der Waals surface area contributed by atoms with Crippen LogP contribution in [0.2, 0.25) is 0 Å². The highest BCUT2D eigenvalue weighted by atomic mass is 14.6. The van der Waals surface area contributed by atoms with Crippen molar-refractivity contribution in [3.8, 4) is 22.3 Å². The van der Waals surface area contributed by atoms with Crippen molar-refractivity contribution in [2.75, 3.05) is 5.73 Å². The van der Waals surface area contributed by atoms with E-state index in [0.717, 1.165) is 5.69 Å².